The highest BCUT2D eigenvalue weighted by Crippen LogP contribution is 2.27. The molecule has 106 valence electrons. The van der Waals surface area contributed by atoms with Crippen LogP contribution < -0.4 is 5.32 Å². The number of fused-ring (bicyclic) bond motifs is 3. The van der Waals surface area contributed by atoms with Crippen LogP contribution in [0, 0.1) is 0 Å². The van der Waals surface area contributed by atoms with Gasteiger partial charge >= 0.3 is 6.03 Å². The molecule has 1 aromatic carbocycles. The Morgan fingerprint density at radius 3 is 3.10 bits per heavy atom. The Bertz CT molecular complexity index is 617. The molecule has 0 bridgehead atoms. The summed E-state index contributed by atoms with van der Waals surface area (Å²) in [6.45, 7) is 4.38. The summed E-state index contributed by atoms with van der Waals surface area (Å²) in [4.78, 5) is 17.4. The van der Waals surface area contributed by atoms with Crippen molar-refractivity contribution >= 4 is 16.9 Å². The van der Waals surface area contributed by atoms with Gasteiger partial charge in [-0.25, -0.2) is 4.79 Å². The molecule has 0 fully saturated rings. The van der Waals surface area contributed by atoms with Crippen LogP contribution in [0.1, 0.15) is 31.0 Å². The third-order valence-electron chi connectivity index (χ3n) is 3.98. The normalized spacial score (nSPS) is 14.3. The van der Waals surface area contributed by atoms with Gasteiger partial charge in [-0.1, -0.05) is 31.5 Å². The average Bonchev–Trinajstić information content (AvgIpc) is 2.85. The number of H-pyrrole nitrogens is 1. The SMILES string of the molecule is CCCCNC(=O)N1CCc2c([nH]c3ccccc23)C1. The van der Waals surface area contributed by atoms with Crippen molar-refractivity contribution in [1.29, 1.82) is 0 Å². The summed E-state index contributed by atoms with van der Waals surface area (Å²) >= 11 is 0. The first kappa shape index (κ1) is 13.0. The number of unbranched alkanes of at least 4 members (excludes halogenated alkanes) is 1. The van der Waals surface area contributed by atoms with Crippen LogP contribution in [0.3, 0.4) is 0 Å². The van der Waals surface area contributed by atoms with Gasteiger partial charge in [0, 0.05) is 29.7 Å². The molecule has 2 aromatic rings. The third kappa shape index (κ3) is 2.38. The monoisotopic (exact) mass is 271 g/mol. The van der Waals surface area contributed by atoms with Crippen LogP contribution in [0.2, 0.25) is 0 Å². The summed E-state index contributed by atoms with van der Waals surface area (Å²) in [7, 11) is 0. The predicted octanol–water partition coefficient (Wildman–Crippen LogP) is 3.04. The van der Waals surface area contributed by atoms with Crippen molar-refractivity contribution in [3.63, 3.8) is 0 Å². The fraction of sp³-hybridized carbons (Fsp3) is 0.438. The molecule has 2 heterocycles. The summed E-state index contributed by atoms with van der Waals surface area (Å²) in [6, 6.07) is 8.42. The first-order chi connectivity index (χ1) is 9.79. The van der Waals surface area contributed by atoms with E-state index in [1.807, 2.05) is 11.0 Å². The van der Waals surface area contributed by atoms with Crippen molar-refractivity contribution in [2.75, 3.05) is 13.1 Å². The molecule has 20 heavy (non-hydrogen) atoms. The molecule has 0 saturated heterocycles. The molecular weight excluding hydrogens is 250 g/mol. The number of hydrogen-bond donors (Lipinski definition) is 2. The van der Waals surface area contributed by atoms with Crippen molar-refractivity contribution in [2.45, 2.75) is 32.7 Å². The summed E-state index contributed by atoms with van der Waals surface area (Å²) in [5, 5.41) is 4.29. The van der Waals surface area contributed by atoms with Gasteiger partial charge in [-0.2, -0.15) is 0 Å². The van der Waals surface area contributed by atoms with E-state index < -0.39 is 0 Å². The van der Waals surface area contributed by atoms with E-state index in [0.717, 1.165) is 32.4 Å². The fourth-order valence-electron chi connectivity index (χ4n) is 2.85. The summed E-state index contributed by atoms with van der Waals surface area (Å²) in [5.74, 6) is 0. The number of amides is 2. The minimum atomic E-state index is 0.0581. The van der Waals surface area contributed by atoms with Crippen LogP contribution in [-0.4, -0.2) is 29.0 Å². The van der Waals surface area contributed by atoms with Crippen LogP contribution in [0.25, 0.3) is 10.9 Å². The molecule has 2 amide bonds. The zero-order valence-electron chi connectivity index (χ0n) is 11.9. The molecule has 0 saturated carbocycles. The van der Waals surface area contributed by atoms with E-state index in [1.54, 1.807) is 0 Å². The number of nitrogens with zero attached hydrogens (tertiary/aromatic N) is 1. The van der Waals surface area contributed by atoms with Gasteiger partial charge in [-0.3, -0.25) is 0 Å². The van der Waals surface area contributed by atoms with Crippen LogP contribution in [0.5, 0.6) is 0 Å². The van der Waals surface area contributed by atoms with Crippen LogP contribution >= 0.6 is 0 Å². The molecule has 2 N–H and O–H groups in total. The maximum Gasteiger partial charge on any atom is 0.317 e. The number of aromatic nitrogens is 1. The summed E-state index contributed by atoms with van der Waals surface area (Å²) in [6.07, 6.45) is 3.07. The van der Waals surface area contributed by atoms with E-state index in [-0.39, 0.29) is 6.03 Å². The lowest BCUT2D eigenvalue weighted by molar-refractivity contribution is 0.191. The minimum Gasteiger partial charge on any atom is -0.357 e. The summed E-state index contributed by atoms with van der Waals surface area (Å²) < 4.78 is 0. The number of aromatic amines is 1. The second-order valence-corrected chi connectivity index (χ2v) is 5.38. The molecule has 0 aliphatic carbocycles. The zero-order valence-corrected chi connectivity index (χ0v) is 11.9. The molecule has 1 aliphatic heterocycles. The lowest BCUT2D eigenvalue weighted by atomic mass is 10.0. The van der Waals surface area contributed by atoms with Crippen LogP contribution in [0.15, 0.2) is 24.3 Å². The molecular formula is C16H21N3O. The highest BCUT2D eigenvalue weighted by atomic mass is 16.2. The fourth-order valence-corrected chi connectivity index (χ4v) is 2.85. The van der Waals surface area contributed by atoms with E-state index in [4.69, 9.17) is 0 Å². The van der Waals surface area contributed by atoms with Gasteiger partial charge in [-0.05, 0) is 24.5 Å². The van der Waals surface area contributed by atoms with E-state index in [1.165, 1.54) is 22.2 Å². The molecule has 0 unspecified atom stereocenters. The van der Waals surface area contributed by atoms with Crippen LogP contribution in [-0.2, 0) is 13.0 Å². The number of carbonyl (C=O) groups excluding carboxylic acids is 1. The molecule has 0 radical (unpaired) electrons. The van der Waals surface area contributed by atoms with Crippen molar-refractivity contribution < 1.29 is 4.79 Å². The second-order valence-electron chi connectivity index (χ2n) is 5.38. The maximum absolute atomic E-state index is 12.1. The largest absolute Gasteiger partial charge is 0.357 e. The quantitative estimate of drug-likeness (QED) is 0.828. The average molecular weight is 271 g/mol. The number of hydrogen-bond acceptors (Lipinski definition) is 1. The smallest absolute Gasteiger partial charge is 0.317 e. The highest BCUT2D eigenvalue weighted by Gasteiger charge is 2.23. The van der Waals surface area contributed by atoms with Crippen molar-refractivity contribution in [1.82, 2.24) is 15.2 Å². The number of benzene rings is 1. The molecule has 4 heteroatoms. The van der Waals surface area contributed by atoms with Gasteiger partial charge in [0.2, 0.25) is 0 Å². The van der Waals surface area contributed by atoms with E-state index in [9.17, 15) is 4.79 Å². The predicted molar refractivity (Wildman–Crippen MR) is 80.7 cm³/mol. The Morgan fingerprint density at radius 1 is 1.40 bits per heavy atom. The third-order valence-corrected chi connectivity index (χ3v) is 3.98. The Morgan fingerprint density at radius 2 is 2.25 bits per heavy atom. The number of nitrogens with one attached hydrogen (secondary N) is 2. The first-order valence-corrected chi connectivity index (χ1v) is 7.41. The lowest BCUT2D eigenvalue weighted by Crippen LogP contribution is -2.43. The highest BCUT2D eigenvalue weighted by molar-refractivity contribution is 5.85. The van der Waals surface area contributed by atoms with E-state index in [2.05, 4.69) is 35.4 Å². The van der Waals surface area contributed by atoms with Gasteiger partial charge in [0.25, 0.3) is 0 Å². The van der Waals surface area contributed by atoms with Crippen LogP contribution in [0.4, 0.5) is 4.79 Å². The number of urea groups is 1. The summed E-state index contributed by atoms with van der Waals surface area (Å²) in [5.41, 5.74) is 3.73. The van der Waals surface area contributed by atoms with Gasteiger partial charge in [0.15, 0.2) is 0 Å². The Kier molecular flexibility index (Phi) is 3.63. The maximum atomic E-state index is 12.1. The first-order valence-electron chi connectivity index (χ1n) is 7.41. The van der Waals surface area contributed by atoms with Crippen molar-refractivity contribution in [2.24, 2.45) is 0 Å². The molecule has 1 aliphatic rings. The van der Waals surface area contributed by atoms with Gasteiger partial charge in [-0.15, -0.1) is 0 Å². The lowest BCUT2D eigenvalue weighted by Gasteiger charge is -2.27. The minimum absolute atomic E-state index is 0.0581. The Balaban J connectivity index is 1.73. The van der Waals surface area contributed by atoms with Crippen molar-refractivity contribution in [3.05, 3.63) is 35.5 Å². The number of rotatable bonds is 3. The molecule has 4 nitrogen and oxygen atoms in total. The standard InChI is InChI=1S/C16H21N3O/c1-2-3-9-17-16(20)19-10-8-13-12-6-4-5-7-14(12)18-15(13)11-19/h4-7,18H,2-3,8-11H2,1H3,(H,17,20). The number of para-hydroxylation sites is 1. The number of carbonyl (C=O) groups is 1. The van der Waals surface area contributed by atoms with Gasteiger partial charge < -0.3 is 15.2 Å². The van der Waals surface area contributed by atoms with Gasteiger partial charge in [0.1, 0.15) is 0 Å². The van der Waals surface area contributed by atoms with Crippen molar-refractivity contribution in [3.8, 4) is 0 Å². The zero-order chi connectivity index (χ0) is 13.9. The Labute approximate surface area is 119 Å². The van der Waals surface area contributed by atoms with Gasteiger partial charge in [0.05, 0.1) is 6.54 Å². The second kappa shape index (κ2) is 5.57. The molecule has 0 atom stereocenters. The molecule has 1 aromatic heterocycles. The topological polar surface area (TPSA) is 48.1 Å². The molecule has 3 rings (SSSR count). The van der Waals surface area contributed by atoms with E-state index in [0.29, 0.717) is 6.54 Å². The molecule has 0 spiro atoms. The van der Waals surface area contributed by atoms with E-state index >= 15 is 0 Å². The Hall–Kier alpha value is -1.97.